The lowest BCUT2D eigenvalue weighted by Crippen LogP contribution is -2.47. The Balaban J connectivity index is 2.63. The fraction of sp³-hybridized carbons (Fsp3) is 1.00. The molecule has 1 rings (SSSR count). The van der Waals surface area contributed by atoms with Crippen LogP contribution in [0, 0.1) is 11.8 Å². The second-order valence-corrected chi connectivity index (χ2v) is 3.70. The zero-order chi connectivity index (χ0) is 9.30. The van der Waals surface area contributed by atoms with Gasteiger partial charge in [0, 0.05) is 0 Å². The molecule has 3 heteroatoms. The number of hydrogen-bond donors (Lipinski definition) is 0. The average molecular weight is 178 g/mol. The minimum atomic E-state index is -1.15. The lowest BCUT2D eigenvalue weighted by atomic mass is 9.83. The summed E-state index contributed by atoms with van der Waals surface area (Å²) in [4.78, 5) is 0. The Labute approximate surface area is 72.1 Å². The topological polar surface area (TPSA) is 9.23 Å². The van der Waals surface area contributed by atoms with Gasteiger partial charge in [-0.25, -0.2) is 8.78 Å². The first-order chi connectivity index (χ1) is 5.57. The predicted octanol–water partition coefficient (Wildman–Crippen LogP) is 2.35. The van der Waals surface area contributed by atoms with E-state index in [1.165, 1.54) is 0 Å². The molecule has 0 bridgehead atoms. The van der Waals surface area contributed by atoms with Crippen LogP contribution >= 0.6 is 0 Å². The van der Waals surface area contributed by atoms with E-state index in [0.717, 1.165) is 0 Å². The fourth-order valence-electron chi connectivity index (χ4n) is 1.65. The van der Waals surface area contributed by atoms with Gasteiger partial charge in [0.2, 0.25) is 0 Å². The molecular formula is C9H16F2O. The summed E-state index contributed by atoms with van der Waals surface area (Å²) >= 11 is 0. The minimum absolute atomic E-state index is 0.0345. The number of ether oxygens (including phenoxy) is 1. The predicted molar refractivity (Wildman–Crippen MR) is 43.5 cm³/mol. The van der Waals surface area contributed by atoms with Crippen LogP contribution in [0.25, 0.3) is 0 Å². The van der Waals surface area contributed by atoms with Gasteiger partial charge in [-0.1, -0.05) is 13.8 Å². The van der Waals surface area contributed by atoms with E-state index < -0.39 is 19.0 Å². The average Bonchev–Trinajstić information content (AvgIpc) is 2.08. The van der Waals surface area contributed by atoms with Gasteiger partial charge in [-0.2, -0.15) is 0 Å². The number of hydrogen-bond acceptors (Lipinski definition) is 1. The normalized spacial score (nSPS) is 49.2. The molecule has 0 aromatic carbocycles. The molecule has 1 aliphatic heterocycles. The lowest BCUT2D eigenvalue weighted by Gasteiger charge is -2.39. The quantitative estimate of drug-likeness (QED) is 0.599. The number of alkyl halides is 2. The Morgan fingerprint density at radius 3 is 2.25 bits per heavy atom. The third kappa shape index (κ3) is 1.60. The molecule has 0 aliphatic carbocycles. The van der Waals surface area contributed by atoms with Crippen LogP contribution in [0.4, 0.5) is 8.78 Å². The number of rotatable bonds is 1. The van der Waals surface area contributed by atoms with Crippen LogP contribution in [-0.2, 0) is 4.74 Å². The summed E-state index contributed by atoms with van der Waals surface area (Å²) in [7, 11) is 0. The second-order valence-electron chi connectivity index (χ2n) is 3.70. The van der Waals surface area contributed by atoms with E-state index in [-0.39, 0.29) is 17.9 Å². The largest absolute Gasteiger partial charge is 0.369 e. The van der Waals surface area contributed by atoms with Crippen molar-refractivity contribution < 1.29 is 13.5 Å². The summed E-state index contributed by atoms with van der Waals surface area (Å²) in [5.74, 6) is 0.0669. The monoisotopic (exact) mass is 178 g/mol. The summed E-state index contributed by atoms with van der Waals surface area (Å²) in [6.45, 7) is 4.91. The van der Waals surface area contributed by atoms with Gasteiger partial charge in [0.1, 0.15) is 19.0 Å². The highest BCUT2D eigenvalue weighted by atomic mass is 19.1. The van der Waals surface area contributed by atoms with Gasteiger partial charge in [0.25, 0.3) is 0 Å². The van der Waals surface area contributed by atoms with Crippen LogP contribution in [0.3, 0.4) is 0 Å². The first-order valence-electron chi connectivity index (χ1n) is 4.43. The molecule has 0 amide bonds. The summed E-state index contributed by atoms with van der Waals surface area (Å²) in [6.07, 6.45) is -2.03. The molecule has 1 fully saturated rings. The summed E-state index contributed by atoms with van der Waals surface area (Å²) in [5, 5.41) is 0. The van der Waals surface area contributed by atoms with Crippen LogP contribution in [0.2, 0.25) is 0 Å². The minimum Gasteiger partial charge on any atom is -0.369 e. The molecule has 72 valence electrons. The zero-order valence-electron chi connectivity index (χ0n) is 7.76. The Bertz CT molecular complexity index is 147. The van der Waals surface area contributed by atoms with E-state index in [1.807, 2.05) is 20.8 Å². The van der Waals surface area contributed by atoms with Gasteiger partial charge in [-0.15, -0.1) is 0 Å². The van der Waals surface area contributed by atoms with Crippen molar-refractivity contribution in [2.24, 2.45) is 11.8 Å². The van der Waals surface area contributed by atoms with E-state index in [1.54, 1.807) is 0 Å². The molecular weight excluding hydrogens is 162 g/mol. The van der Waals surface area contributed by atoms with Crippen LogP contribution in [0.5, 0.6) is 0 Å². The van der Waals surface area contributed by atoms with Gasteiger partial charge >= 0.3 is 0 Å². The van der Waals surface area contributed by atoms with Gasteiger partial charge < -0.3 is 4.74 Å². The molecule has 0 aromatic rings. The van der Waals surface area contributed by atoms with Crippen molar-refractivity contribution in [2.45, 2.75) is 39.2 Å². The van der Waals surface area contributed by atoms with E-state index in [2.05, 4.69) is 0 Å². The first kappa shape index (κ1) is 9.90. The molecule has 0 radical (unpaired) electrons. The molecule has 0 spiro atoms. The fourth-order valence-corrected chi connectivity index (χ4v) is 1.65. The summed E-state index contributed by atoms with van der Waals surface area (Å²) in [5.41, 5.74) is 0. The summed E-state index contributed by atoms with van der Waals surface area (Å²) < 4.78 is 30.7. The van der Waals surface area contributed by atoms with Gasteiger partial charge in [-0.05, 0) is 18.8 Å². The molecule has 5 atom stereocenters. The van der Waals surface area contributed by atoms with Gasteiger partial charge in [0.05, 0.1) is 6.10 Å². The molecule has 0 saturated carbocycles. The highest BCUT2D eigenvalue weighted by Crippen LogP contribution is 2.32. The standard InChI is InChI=1S/C9H16F2O/c1-5-6(2)9(11)8(4-10)12-7(5)3/h5-9H,4H2,1-3H3/t5?,6-,7?,8?,9+/m1/s1. The lowest BCUT2D eigenvalue weighted by molar-refractivity contribution is -0.142. The van der Waals surface area contributed by atoms with Crippen molar-refractivity contribution in [2.75, 3.05) is 6.67 Å². The summed E-state index contributed by atoms with van der Waals surface area (Å²) in [6, 6.07) is 0. The Kier molecular flexibility index (Phi) is 3.04. The molecule has 1 aliphatic rings. The third-order valence-corrected chi connectivity index (χ3v) is 2.97. The molecule has 3 unspecified atom stereocenters. The molecule has 1 heterocycles. The maximum absolute atomic E-state index is 13.3. The Morgan fingerprint density at radius 1 is 1.17 bits per heavy atom. The molecule has 0 aromatic heterocycles. The highest BCUT2D eigenvalue weighted by molar-refractivity contribution is 4.86. The Hall–Kier alpha value is -0.180. The van der Waals surface area contributed by atoms with Crippen molar-refractivity contribution in [3.05, 3.63) is 0 Å². The third-order valence-electron chi connectivity index (χ3n) is 2.97. The molecule has 12 heavy (non-hydrogen) atoms. The van der Waals surface area contributed by atoms with Crippen molar-refractivity contribution in [1.29, 1.82) is 0 Å². The second kappa shape index (κ2) is 3.69. The van der Waals surface area contributed by atoms with Crippen LogP contribution in [0.15, 0.2) is 0 Å². The smallest absolute Gasteiger partial charge is 0.132 e. The number of halogens is 2. The van der Waals surface area contributed by atoms with E-state index in [0.29, 0.717) is 0 Å². The molecule has 1 nitrogen and oxygen atoms in total. The van der Waals surface area contributed by atoms with Gasteiger partial charge in [0.15, 0.2) is 0 Å². The molecule has 1 saturated heterocycles. The first-order valence-corrected chi connectivity index (χ1v) is 4.43. The van der Waals surface area contributed by atoms with Crippen LogP contribution in [0.1, 0.15) is 20.8 Å². The van der Waals surface area contributed by atoms with Crippen molar-refractivity contribution in [1.82, 2.24) is 0 Å². The van der Waals surface area contributed by atoms with Crippen molar-refractivity contribution in [3.8, 4) is 0 Å². The maximum Gasteiger partial charge on any atom is 0.132 e. The van der Waals surface area contributed by atoms with Crippen LogP contribution in [-0.4, -0.2) is 25.1 Å². The highest BCUT2D eigenvalue weighted by Gasteiger charge is 2.39. The molecule has 0 N–H and O–H groups in total. The van der Waals surface area contributed by atoms with Crippen molar-refractivity contribution in [3.63, 3.8) is 0 Å². The van der Waals surface area contributed by atoms with Gasteiger partial charge in [-0.3, -0.25) is 0 Å². The van der Waals surface area contributed by atoms with E-state index >= 15 is 0 Å². The van der Waals surface area contributed by atoms with E-state index in [4.69, 9.17) is 4.74 Å². The zero-order valence-corrected chi connectivity index (χ0v) is 7.76. The Morgan fingerprint density at radius 2 is 1.75 bits per heavy atom. The van der Waals surface area contributed by atoms with Crippen molar-refractivity contribution >= 4 is 0 Å². The maximum atomic E-state index is 13.3. The van der Waals surface area contributed by atoms with E-state index in [9.17, 15) is 8.78 Å². The van der Waals surface area contributed by atoms with Crippen LogP contribution < -0.4 is 0 Å². The SMILES string of the molecule is CC1OC(CF)[C@@H](F)[C@H](C)C1C.